The van der Waals surface area contributed by atoms with Crippen LogP contribution in [0.5, 0.6) is 0 Å². The minimum atomic E-state index is -0.703. The molecule has 1 aliphatic rings. The molecule has 0 radical (unpaired) electrons. The molecule has 2 rings (SSSR count). The third-order valence-corrected chi connectivity index (χ3v) is 6.42. The van der Waals surface area contributed by atoms with Gasteiger partial charge < -0.3 is 20.9 Å². The summed E-state index contributed by atoms with van der Waals surface area (Å²) in [7, 11) is 0. The Hall–Kier alpha value is -2.06. The van der Waals surface area contributed by atoms with E-state index in [2.05, 4.69) is 12.2 Å². The van der Waals surface area contributed by atoms with Crippen molar-refractivity contribution < 1.29 is 14.4 Å². The fraction of sp³-hybridized carbons (Fsp3) is 0.609. The van der Waals surface area contributed by atoms with Gasteiger partial charge in [0.05, 0.1) is 11.9 Å². The molecule has 1 fully saturated rings. The summed E-state index contributed by atoms with van der Waals surface area (Å²) >= 11 is 1.57. The highest BCUT2D eigenvalue weighted by Crippen LogP contribution is 2.25. The molecule has 172 valence electrons. The summed E-state index contributed by atoms with van der Waals surface area (Å²) in [6.45, 7) is 8.63. The van der Waals surface area contributed by atoms with Crippen LogP contribution in [0.1, 0.15) is 46.1 Å². The lowest BCUT2D eigenvalue weighted by atomic mass is 10.0. The molecule has 7 nitrogen and oxygen atoms in total. The average molecular weight is 449 g/mol. The fourth-order valence-corrected chi connectivity index (χ4v) is 4.63. The number of rotatable bonds is 10. The van der Waals surface area contributed by atoms with Gasteiger partial charge in [0, 0.05) is 18.8 Å². The van der Waals surface area contributed by atoms with Gasteiger partial charge in [0.15, 0.2) is 0 Å². The number of carbonyl (C=O) groups excluding carboxylic acids is 3. The number of nitrogens with one attached hydrogen (secondary N) is 1. The van der Waals surface area contributed by atoms with E-state index in [1.807, 2.05) is 49.1 Å². The summed E-state index contributed by atoms with van der Waals surface area (Å²) in [5, 5.41) is 2.77. The SMILES string of the molecule is CCCCN(Cc1ccccc1)C(=O)[C@@H]1CSCN1C(=O)[C@@H](NC(=O)[C@H](C)N)C(C)C. The molecule has 0 aromatic heterocycles. The zero-order valence-corrected chi connectivity index (χ0v) is 19.9. The van der Waals surface area contributed by atoms with Crippen molar-refractivity contribution in [1.29, 1.82) is 0 Å². The molecule has 3 N–H and O–H groups in total. The summed E-state index contributed by atoms with van der Waals surface area (Å²) in [5.41, 5.74) is 6.74. The second kappa shape index (κ2) is 12.1. The first-order valence-corrected chi connectivity index (χ1v) is 12.2. The van der Waals surface area contributed by atoms with Gasteiger partial charge in [-0.1, -0.05) is 57.5 Å². The molecule has 0 bridgehead atoms. The first-order valence-electron chi connectivity index (χ1n) is 11.0. The summed E-state index contributed by atoms with van der Waals surface area (Å²) in [5.74, 6) is 0.278. The highest BCUT2D eigenvalue weighted by atomic mass is 32.2. The molecule has 3 amide bonds. The van der Waals surface area contributed by atoms with Crippen LogP contribution in [0, 0.1) is 5.92 Å². The van der Waals surface area contributed by atoms with Crippen molar-refractivity contribution in [1.82, 2.24) is 15.1 Å². The van der Waals surface area contributed by atoms with E-state index in [4.69, 9.17) is 5.73 Å². The molecule has 8 heteroatoms. The summed E-state index contributed by atoms with van der Waals surface area (Å²) in [4.78, 5) is 42.5. The molecule has 31 heavy (non-hydrogen) atoms. The van der Waals surface area contributed by atoms with Gasteiger partial charge in [-0.15, -0.1) is 11.8 Å². The highest BCUT2D eigenvalue weighted by Gasteiger charge is 2.40. The minimum absolute atomic E-state index is 0.0309. The largest absolute Gasteiger partial charge is 0.343 e. The fourth-order valence-electron chi connectivity index (χ4n) is 3.47. The number of hydrogen-bond donors (Lipinski definition) is 2. The van der Waals surface area contributed by atoms with E-state index in [0.717, 1.165) is 18.4 Å². The zero-order valence-electron chi connectivity index (χ0n) is 19.0. The number of nitrogens with two attached hydrogens (primary N) is 1. The zero-order chi connectivity index (χ0) is 23.0. The number of unbranched alkanes of at least 4 members (excludes halogenated alkanes) is 1. The maximum Gasteiger partial charge on any atom is 0.246 e. The molecule has 1 aromatic carbocycles. The van der Waals surface area contributed by atoms with Crippen LogP contribution in [0.2, 0.25) is 0 Å². The molecular weight excluding hydrogens is 412 g/mol. The van der Waals surface area contributed by atoms with Crippen molar-refractivity contribution in [3.05, 3.63) is 35.9 Å². The Labute approximate surface area is 190 Å². The number of carbonyl (C=O) groups is 3. The van der Waals surface area contributed by atoms with Crippen molar-refractivity contribution in [3.8, 4) is 0 Å². The van der Waals surface area contributed by atoms with Gasteiger partial charge in [0.2, 0.25) is 17.7 Å². The van der Waals surface area contributed by atoms with Gasteiger partial charge in [-0.05, 0) is 24.8 Å². The molecule has 0 spiro atoms. The second-order valence-electron chi connectivity index (χ2n) is 8.44. The molecule has 1 aromatic rings. The van der Waals surface area contributed by atoms with E-state index in [1.165, 1.54) is 0 Å². The van der Waals surface area contributed by atoms with E-state index in [0.29, 0.717) is 24.7 Å². The standard InChI is InChI=1S/C23H36N4O3S/c1-5-6-12-26(13-18-10-8-7-9-11-18)22(29)19-14-31-15-27(19)23(30)20(16(2)3)25-21(28)17(4)24/h7-11,16-17,19-20H,5-6,12-15,24H2,1-4H3,(H,25,28)/t17-,19-,20-/m0/s1. The normalized spacial score (nSPS) is 18.0. The molecule has 3 atom stereocenters. The van der Waals surface area contributed by atoms with Crippen LogP contribution in [0.25, 0.3) is 0 Å². The van der Waals surface area contributed by atoms with Crippen LogP contribution < -0.4 is 11.1 Å². The monoisotopic (exact) mass is 448 g/mol. The van der Waals surface area contributed by atoms with E-state index in [9.17, 15) is 14.4 Å². The van der Waals surface area contributed by atoms with Crippen LogP contribution in [0.15, 0.2) is 30.3 Å². The Bertz CT molecular complexity index is 742. The van der Waals surface area contributed by atoms with Crippen molar-refractivity contribution >= 4 is 29.5 Å². The Morgan fingerprint density at radius 2 is 1.90 bits per heavy atom. The third kappa shape index (κ3) is 6.97. The van der Waals surface area contributed by atoms with Crippen LogP contribution in [-0.2, 0) is 20.9 Å². The lowest BCUT2D eigenvalue weighted by Crippen LogP contribution is -2.57. The average Bonchev–Trinajstić information content (AvgIpc) is 3.24. The van der Waals surface area contributed by atoms with Gasteiger partial charge >= 0.3 is 0 Å². The van der Waals surface area contributed by atoms with Crippen LogP contribution in [0.3, 0.4) is 0 Å². The predicted molar refractivity (Wildman–Crippen MR) is 125 cm³/mol. The van der Waals surface area contributed by atoms with Gasteiger partial charge in [0.1, 0.15) is 12.1 Å². The Morgan fingerprint density at radius 1 is 1.23 bits per heavy atom. The topological polar surface area (TPSA) is 95.7 Å². The number of amides is 3. The minimum Gasteiger partial charge on any atom is -0.343 e. The van der Waals surface area contributed by atoms with Crippen molar-refractivity contribution in [2.45, 2.75) is 65.2 Å². The van der Waals surface area contributed by atoms with E-state index in [-0.39, 0.29) is 23.6 Å². The molecule has 1 saturated heterocycles. The van der Waals surface area contributed by atoms with Crippen molar-refractivity contribution in [2.24, 2.45) is 11.7 Å². The van der Waals surface area contributed by atoms with Gasteiger partial charge in [0.25, 0.3) is 0 Å². The maximum absolute atomic E-state index is 13.5. The van der Waals surface area contributed by atoms with Gasteiger partial charge in [-0.3, -0.25) is 14.4 Å². The number of thioether (sulfide) groups is 1. The lowest BCUT2D eigenvalue weighted by Gasteiger charge is -2.33. The molecule has 0 unspecified atom stereocenters. The first-order chi connectivity index (χ1) is 14.8. The predicted octanol–water partition coefficient (Wildman–Crippen LogP) is 2.20. The van der Waals surface area contributed by atoms with Crippen LogP contribution in [-0.4, -0.2) is 63.8 Å². The molecule has 1 heterocycles. The molecule has 0 saturated carbocycles. The molecular formula is C23H36N4O3S. The number of hydrogen-bond acceptors (Lipinski definition) is 5. The third-order valence-electron chi connectivity index (χ3n) is 5.40. The Kier molecular flexibility index (Phi) is 9.84. The van der Waals surface area contributed by atoms with E-state index >= 15 is 0 Å². The molecule has 0 aliphatic carbocycles. The van der Waals surface area contributed by atoms with Gasteiger partial charge in [-0.2, -0.15) is 0 Å². The lowest BCUT2D eigenvalue weighted by molar-refractivity contribution is -0.146. The summed E-state index contributed by atoms with van der Waals surface area (Å²) in [6, 6.07) is 7.99. The maximum atomic E-state index is 13.5. The molecule has 1 aliphatic heterocycles. The van der Waals surface area contributed by atoms with Crippen LogP contribution >= 0.6 is 11.8 Å². The van der Waals surface area contributed by atoms with Gasteiger partial charge in [-0.25, -0.2) is 0 Å². The Balaban J connectivity index is 2.18. The smallest absolute Gasteiger partial charge is 0.246 e. The highest BCUT2D eigenvalue weighted by molar-refractivity contribution is 7.99. The van der Waals surface area contributed by atoms with E-state index in [1.54, 1.807) is 23.6 Å². The summed E-state index contributed by atoms with van der Waals surface area (Å²) in [6.07, 6.45) is 1.89. The number of benzene rings is 1. The quantitative estimate of drug-likeness (QED) is 0.572. The van der Waals surface area contributed by atoms with Crippen molar-refractivity contribution in [2.75, 3.05) is 18.2 Å². The first kappa shape index (κ1) is 25.2. The number of nitrogens with zero attached hydrogens (tertiary/aromatic N) is 2. The van der Waals surface area contributed by atoms with Crippen molar-refractivity contribution in [3.63, 3.8) is 0 Å². The summed E-state index contributed by atoms with van der Waals surface area (Å²) < 4.78 is 0. The second-order valence-corrected chi connectivity index (χ2v) is 9.44. The van der Waals surface area contributed by atoms with Crippen LogP contribution in [0.4, 0.5) is 0 Å². The van der Waals surface area contributed by atoms with E-state index < -0.39 is 18.1 Å². The Morgan fingerprint density at radius 3 is 2.48 bits per heavy atom.